The molecule has 0 saturated heterocycles. The SMILES string of the molecule is CC(C)(C)[C@@H]1C/C(=C\c2ccc(Cl)cc2)c2nc3ccccc3c(C(=O)[O-])c2C1. The number of carbonyl (C=O) groups excluding carboxylic acids is 1. The van der Waals surface area contributed by atoms with Gasteiger partial charge >= 0.3 is 0 Å². The summed E-state index contributed by atoms with van der Waals surface area (Å²) in [7, 11) is 0. The van der Waals surface area contributed by atoms with E-state index in [9.17, 15) is 9.90 Å². The zero-order chi connectivity index (χ0) is 20.8. The second-order valence-corrected chi connectivity index (χ2v) is 9.25. The van der Waals surface area contributed by atoms with Crippen molar-refractivity contribution in [3.05, 3.63) is 75.9 Å². The van der Waals surface area contributed by atoms with Crippen LogP contribution < -0.4 is 5.11 Å². The van der Waals surface area contributed by atoms with Gasteiger partial charge in [-0.15, -0.1) is 0 Å². The molecule has 0 unspecified atom stereocenters. The van der Waals surface area contributed by atoms with E-state index >= 15 is 0 Å². The van der Waals surface area contributed by atoms with E-state index in [1.165, 1.54) is 0 Å². The van der Waals surface area contributed by atoms with Crippen LogP contribution in [0.5, 0.6) is 0 Å². The molecule has 0 bridgehead atoms. The van der Waals surface area contributed by atoms with Crippen molar-refractivity contribution in [2.45, 2.75) is 33.6 Å². The maximum Gasteiger partial charge on any atom is 0.0725 e. The van der Waals surface area contributed by atoms with Crippen LogP contribution in [0.2, 0.25) is 5.02 Å². The first kappa shape index (κ1) is 19.7. The Morgan fingerprint density at radius 2 is 1.79 bits per heavy atom. The van der Waals surface area contributed by atoms with Crippen molar-refractivity contribution in [2.24, 2.45) is 11.3 Å². The first-order valence-corrected chi connectivity index (χ1v) is 10.2. The molecule has 0 N–H and O–H groups in total. The number of allylic oxidation sites excluding steroid dienone is 1. The van der Waals surface area contributed by atoms with E-state index in [0.29, 0.717) is 28.3 Å². The summed E-state index contributed by atoms with van der Waals surface area (Å²) < 4.78 is 0. The monoisotopic (exact) mass is 404 g/mol. The average molecular weight is 405 g/mol. The summed E-state index contributed by atoms with van der Waals surface area (Å²) in [6.45, 7) is 6.61. The lowest BCUT2D eigenvalue weighted by molar-refractivity contribution is -0.254. The van der Waals surface area contributed by atoms with Gasteiger partial charge < -0.3 is 9.90 Å². The van der Waals surface area contributed by atoms with Crippen LogP contribution in [-0.2, 0) is 6.42 Å². The fraction of sp³-hybridized carbons (Fsp3) is 0.280. The van der Waals surface area contributed by atoms with E-state index in [1.54, 1.807) is 0 Å². The third kappa shape index (κ3) is 3.79. The van der Waals surface area contributed by atoms with Gasteiger partial charge in [-0.05, 0) is 65.1 Å². The minimum atomic E-state index is -1.14. The summed E-state index contributed by atoms with van der Waals surface area (Å²) in [6, 6.07) is 15.1. The molecule has 148 valence electrons. The maximum atomic E-state index is 12.2. The lowest BCUT2D eigenvalue weighted by Crippen LogP contribution is -2.31. The van der Waals surface area contributed by atoms with Crippen LogP contribution in [0.25, 0.3) is 22.6 Å². The lowest BCUT2D eigenvalue weighted by atomic mass is 9.69. The number of para-hydroxylation sites is 1. The second-order valence-electron chi connectivity index (χ2n) is 8.81. The Bertz CT molecular complexity index is 1120. The molecule has 1 aliphatic carbocycles. The van der Waals surface area contributed by atoms with Crippen molar-refractivity contribution in [3.63, 3.8) is 0 Å². The third-order valence-electron chi connectivity index (χ3n) is 5.85. The number of benzene rings is 2. The van der Waals surface area contributed by atoms with Gasteiger partial charge in [-0.1, -0.05) is 62.7 Å². The molecule has 1 heterocycles. The van der Waals surface area contributed by atoms with Gasteiger partial charge in [0.15, 0.2) is 0 Å². The number of aromatic carboxylic acids is 1. The molecule has 1 aliphatic rings. The van der Waals surface area contributed by atoms with Crippen molar-refractivity contribution in [1.82, 2.24) is 4.98 Å². The van der Waals surface area contributed by atoms with Gasteiger partial charge in [0, 0.05) is 16.0 Å². The molecular formula is C25H23ClNO2-. The molecule has 4 heteroatoms. The van der Waals surface area contributed by atoms with E-state index in [4.69, 9.17) is 16.6 Å². The van der Waals surface area contributed by atoms with Crippen LogP contribution in [0.3, 0.4) is 0 Å². The third-order valence-corrected chi connectivity index (χ3v) is 6.11. The summed E-state index contributed by atoms with van der Waals surface area (Å²) in [5.41, 5.74) is 4.64. The highest BCUT2D eigenvalue weighted by Gasteiger charge is 2.33. The molecule has 0 amide bonds. The number of nitrogens with zero attached hydrogens (tertiary/aromatic N) is 1. The van der Waals surface area contributed by atoms with Crippen molar-refractivity contribution in [1.29, 1.82) is 0 Å². The van der Waals surface area contributed by atoms with E-state index < -0.39 is 5.97 Å². The molecule has 0 aliphatic heterocycles. The van der Waals surface area contributed by atoms with Crippen LogP contribution in [0.1, 0.15) is 54.4 Å². The summed E-state index contributed by atoms with van der Waals surface area (Å²) >= 11 is 6.03. The highest BCUT2D eigenvalue weighted by Crippen LogP contribution is 2.44. The molecule has 0 spiro atoms. The second kappa shape index (κ2) is 7.31. The highest BCUT2D eigenvalue weighted by atomic mass is 35.5. The van der Waals surface area contributed by atoms with Crippen LogP contribution in [0, 0.1) is 11.3 Å². The molecule has 0 radical (unpaired) electrons. The average Bonchev–Trinajstić information content (AvgIpc) is 2.67. The predicted molar refractivity (Wildman–Crippen MR) is 117 cm³/mol. The fourth-order valence-corrected chi connectivity index (χ4v) is 4.26. The molecule has 29 heavy (non-hydrogen) atoms. The molecule has 0 fully saturated rings. The summed E-state index contributed by atoms with van der Waals surface area (Å²) in [5.74, 6) is -0.838. The largest absolute Gasteiger partial charge is 0.545 e. The number of carboxylic acids is 1. The number of pyridine rings is 1. The normalized spacial score (nSPS) is 18.1. The van der Waals surface area contributed by atoms with Gasteiger partial charge in [-0.25, -0.2) is 4.98 Å². The van der Waals surface area contributed by atoms with Gasteiger partial charge in [-0.2, -0.15) is 0 Å². The smallest absolute Gasteiger partial charge is 0.0725 e. The number of hydrogen-bond acceptors (Lipinski definition) is 3. The molecular weight excluding hydrogens is 382 g/mol. The Hall–Kier alpha value is -2.65. The quantitative estimate of drug-likeness (QED) is 0.574. The van der Waals surface area contributed by atoms with E-state index in [-0.39, 0.29) is 11.0 Å². The van der Waals surface area contributed by atoms with E-state index in [1.807, 2.05) is 48.5 Å². The van der Waals surface area contributed by atoms with Crippen LogP contribution in [0.15, 0.2) is 48.5 Å². The Balaban J connectivity index is 1.99. The Morgan fingerprint density at radius 3 is 2.45 bits per heavy atom. The standard InChI is InChI=1S/C25H24ClNO2/c1-25(2,3)17-13-16(12-15-8-10-18(26)11-9-15)23-20(14-17)22(24(28)29)19-6-4-5-7-21(19)27-23/h4-12,17H,13-14H2,1-3H3,(H,28,29)/p-1/b16-12+/t17-/m1/s1. The zero-order valence-corrected chi connectivity index (χ0v) is 17.6. The van der Waals surface area contributed by atoms with Gasteiger partial charge in [0.1, 0.15) is 0 Å². The number of rotatable bonds is 2. The molecule has 2 aromatic carbocycles. The number of aromatic nitrogens is 1. The molecule has 1 aromatic heterocycles. The number of fused-ring (bicyclic) bond motifs is 2. The minimum absolute atomic E-state index is 0.0334. The molecule has 3 aromatic rings. The van der Waals surface area contributed by atoms with Crippen LogP contribution in [0.4, 0.5) is 0 Å². The van der Waals surface area contributed by atoms with Crippen molar-refractivity contribution in [2.75, 3.05) is 0 Å². The molecule has 0 saturated carbocycles. The summed E-state index contributed by atoms with van der Waals surface area (Å²) in [4.78, 5) is 17.1. The molecule has 3 nitrogen and oxygen atoms in total. The Kier molecular flexibility index (Phi) is 4.95. The van der Waals surface area contributed by atoms with Gasteiger partial charge in [0.25, 0.3) is 0 Å². The summed E-state index contributed by atoms with van der Waals surface area (Å²) in [6.07, 6.45) is 3.63. The van der Waals surface area contributed by atoms with Crippen molar-refractivity contribution in [3.8, 4) is 0 Å². The zero-order valence-electron chi connectivity index (χ0n) is 16.8. The Morgan fingerprint density at radius 1 is 1.10 bits per heavy atom. The van der Waals surface area contributed by atoms with E-state index in [2.05, 4.69) is 26.8 Å². The topological polar surface area (TPSA) is 53.0 Å². The molecule has 4 rings (SSSR count). The predicted octanol–water partition coefficient (Wildman–Crippen LogP) is 5.40. The first-order valence-electron chi connectivity index (χ1n) is 9.83. The Labute approximate surface area is 176 Å². The highest BCUT2D eigenvalue weighted by molar-refractivity contribution is 6.30. The van der Waals surface area contributed by atoms with Crippen LogP contribution in [-0.4, -0.2) is 11.0 Å². The van der Waals surface area contributed by atoms with E-state index in [0.717, 1.165) is 28.8 Å². The first-order chi connectivity index (χ1) is 13.7. The lowest BCUT2D eigenvalue weighted by Gasteiger charge is -2.37. The molecule has 1 atom stereocenters. The maximum absolute atomic E-state index is 12.2. The minimum Gasteiger partial charge on any atom is -0.545 e. The number of carboxylic acid groups (broad SMARTS) is 1. The van der Waals surface area contributed by atoms with Gasteiger partial charge in [0.2, 0.25) is 0 Å². The summed E-state index contributed by atoms with van der Waals surface area (Å²) in [5, 5.41) is 13.5. The van der Waals surface area contributed by atoms with Crippen molar-refractivity contribution >= 4 is 40.1 Å². The number of hydrogen-bond donors (Lipinski definition) is 0. The number of halogens is 1. The number of carbonyl (C=O) groups is 1. The van der Waals surface area contributed by atoms with Gasteiger partial charge in [-0.3, -0.25) is 0 Å². The fourth-order valence-electron chi connectivity index (χ4n) is 4.13. The van der Waals surface area contributed by atoms with Crippen LogP contribution >= 0.6 is 11.6 Å². The van der Waals surface area contributed by atoms with Crippen molar-refractivity contribution < 1.29 is 9.90 Å². The van der Waals surface area contributed by atoms with Gasteiger partial charge in [0.05, 0.1) is 17.2 Å².